The molecule has 2 N–H and O–H groups in total. The standard InChI is InChI=1S/C23H30N2O/c1-17(2)22(20-8-4-3-5-9-20)23(26)25-13-11-19(12-14-25)21-10-6-7-18(15-21)16-24/h3-10,15,17,19,22H,11-14,16,24H2,1-2H3. The minimum atomic E-state index is -0.0479. The van der Waals surface area contributed by atoms with E-state index >= 15 is 0 Å². The van der Waals surface area contributed by atoms with Crippen LogP contribution in [0.4, 0.5) is 0 Å². The third-order valence-electron chi connectivity index (χ3n) is 5.56. The van der Waals surface area contributed by atoms with Crippen molar-refractivity contribution in [1.82, 2.24) is 4.90 Å². The molecule has 1 amide bonds. The van der Waals surface area contributed by atoms with Crippen LogP contribution >= 0.6 is 0 Å². The molecular weight excluding hydrogens is 320 g/mol. The Hall–Kier alpha value is -2.13. The zero-order chi connectivity index (χ0) is 18.5. The highest BCUT2D eigenvalue weighted by Crippen LogP contribution is 2.32. The number of carbonyl (C=O) groups excluding carboxylic acids is 1. The Morgan fingerprint density at radius 1 is 1.08 bits per heavy atom. The zero-order valence-corrected chi connectivity index (χ0v) is 15.9. The van der Waals surface area contributed by atoms with Crippen LogP contribution in [-0.2, 0) is 11.3 Å². The predicted octanol–water partition coefficient (Wildman–Crippen LogP) is 4.29. The monoisotopic (exact) mass is 350 g/mol. The molecule has 3 heteroatoms. The van der Waals surface area contributed by atoms with Gasteiger partial charge in [0.05, 0.1) is 5.92 Å². The van der Waals surface area contributed by atoms with Crippen LogP contribution in [0.15, 0.2) is 54.6 Å². The van der Waals surface area contributed by atoms with E-state index in [0.717, 1.165) is 31.5 Å². The molecule has 0 saturated carbocycles. The van der Waals surface area contributed by atoms with Crippen LogP contribution in [0.25, 0.3) is 0 Å². The van der Waals surface area contributed by atoms with Crippen LogP contribution in [-0.4, -0.2) is 23.9 Å². The molecule has 3 nitrogen and oxygen atoms in total. The summed E-state index contributed by atoms with van der Waals surface area (Å²) in [5, 5.41) is 0. The maximum atomic E-state index is 13.2. The summed E-state index contributed by atoms with van der Waals surface area (Å²) in [5.41, 5.74) is 9.45. The largest absolute Gasteiger partial charge is 0.342 e. The number of rotatable bonds is 5. The molecule has 26 heavy (non-hydrogen) atoms. The van der Waals surface area contributed by atoms with E-state index in [2.05, 4.69) is 55.1 Å². The molecule has 1 saturated heterocycles. The van der Waals surface area contributed by atoms with E-state index in [-0.39, 0.29) is 11.8 Å². The van der Waals surface area contributed by atoms with E-state index in [1.807, 2.05) is 18.2 Å². The fourth-order valence-corrected chi connectivity index (χ4v) is 4.08. The highest BCUT2D eigenvalue weighted by molar-refractivity contribution is 5.84. The van der Waals surface area contributed by atoms with Crippen molar-refractivity contribution in [2.45, 2.75) is 45.1 Å². The third kappa shape index (κ3) is 4.16. The van der Waals surface area contributed by atoms with Gasteiger partial charge < -0.3 is 10.6 Å². The highest BCUT2D eigenvalue weighted by Gasteiger charge is 2.31. The second-order valence-corrected chi connectivity index (χ2v) is 7.68. The number of nitrogens with two attached hydrogens (primary N) is 1. The first-order chi connectivity index (χ1) is 12.6. The molecule has 2 aromatic rings. The number of likely N-dealkylation sites (tertiary alicyclic amines) is 1. The molecule has 1 atom stereocenters. The van der Waals surface area contributed by atoms with Gasteiger partial charge in [0.25, 0.3) is 0 Å². The number of carbonyl (C=O) groups is 1. The number of benzene rings is 2. The van der Waals surface area contributed by atoms with E-state index in [4.69, 9.17) is 5.73 Å². The summed E-state index contributed by atoms with van der Waals surface area (Å²) in [6.45, 7) is 6.54. The molecule has 0 aliphatic carbocycles. The van der Waals surface area contributed by atoms with Gasteiger partial charge in [0.2, 0.25) is 5.91 Å². The Morgan fingerprint density at radius 3 is 2.38 bits per heavy atom. The predicted molar refractivity (Wildman–Crippen MR) is 107 cm³/mol. The molecule has 1 fully saturated rings. The average Bonchev–Trinajstić information content (AvgIpc) is 2.69. The molecule has 1 aliphatic rings. The van der Waals surface area contributed by atoms with Gasteiger partial charge in [-0.15, -0.1) is 0 Å². The smallest absolute Gasteiger partial charge is 0.230 e. The van der Waals surface area contributed by atoms with Crippen molar-refractivity contribution in [2.75, 3.05) is 13.1 Å². The molecule has 1 aliphatic heterocycles. The lowest BCUT2D eigenvalue weighted by molar-refractivity contribution is -0.134. The molecule has 0 spiro atoms. The van der Waals surface area contributed by atoms with E-state index in [9.17, 15) is 4.79 Å². The normalized spacial score (nSPS) is 16.7. The quantitative estimate of drug-likeness (QED) is 0.874. The SMILES string of the molecule is CC(C)C(C(=O)N1CCC(c2cccc(CN)c2)CC1)c1ccccc1. The fourth-order valence-electron chi connectivity index (χ4n) is 4.08. The summed E-state index contributed by atoms with van der Waals surface area (Å²) >= 11 is 0. The molecular formula is C23H30N2O. The Balaban J connectivity index is 1.67. The van der Waals surface area contributed by atoms with Crippen molar-refractivity contribution < 1.29 is 4.79 Å². The number of hydrogen-bond acceptors (Lipinski definition) is 2. The Labute approximate surface area is 157 Å². The first kappa shape index (κ1) is 18.7. The van der Waals surface area contributed by atoms with Crippen molar-refractivity contribution in [3.8, 4) is 0 Å². The Morgan fingerprint density at radius 2 is 1.77 bits per heavy atom. The molecule has 2 aromatic carbocycles. The second-order valence-electron chi connectivity index (χ2n) is 7.68. The number of piperidine rings is 1. The van der Waals surface area contributed by atoms with Crippen molar-refractivity contribution in [3.63, 3.8) is 0 Å². The topological polar surface area (TPSA) is 46.3 Å². The third-order valence-corrected chi connectivity index (χ3v) is 5.56. The van der Waals surface area contributed by atoms with Crippen LogP contribution in [0.1, 0.15) is 55.2 Å². The van der Waals surface area contributed by atoms with E-state index in [0.29, 0.717) is 18.4 Å². The van der Waals surface area contributed by atoms with Gasteiger partial charge in [-0.2, -0.15) is 0 Å². The summed E-state index contributed by atoms with van der Waals surface area (Å²) in [6.07, 6.45) is 2.05. The van der Waals surface area contributed by atoms with E-state index < -0.39 is 0 Å². The molecule has 0 radical (unpaired) electrons. The van der Waals surface area contributed by atoms with Crippen LogP contribution in [0.2, 0.25) is 0 Å². The van der Waals surface area contributed by atoms with E-state index in [1.165, 1.54) is 11.1 Å². The molecule has 0 bridgehead atoms. The van der Waals surface area contributed by atoms with Gasteiger partial charge in [0, 0.05) is 19.6 Å². The summed E-state index contributed by atoms with van der Waals surface area (Å²) < 4.78 is 0. The number of amides is 1. The second kappa shape index (κ2) is 8.50. The molecule has 1 unspecified atom stereocenters. The minimum Gasteiger partial charge on any atom is -0.342 e. The number of hydrogen-bond donors (Lipinski definition) is 1. The van der Waals surface area contributed by atoms with E-state index in [1.54, 1.807) is 0 Å². The lowest BCUT2D eigenvalue weighted by Crippen LogP contribution is -2.41. The number of nitrogens with zero attached hydrogens (tertiary/aromatic N) is 1. The van der Waals surface area contributed by atoms with Crippen LogP contribution in [0.3, 0.4) is 0 Å². The van der Waals surface area contributed by atoms with Gasteiger partial charge in [0.15, 0.2) is 0 Å². The van der Waals surface area contributed by atoms with Crippen LogP contribution in [0.5, 0.6) is 0 Å². The maximum absolute atomic E-state index is 13.2. The molecule has 3 rings (SSSR count). The lowest BCUT2D eigenvalue weighted by Gasteiger charge is -2.35. The van der Waals surface area contributed by atoms with Gasteiger partial charge in [-0.3, -0.25) is 4.79 Å². The molecule has 138 valence electrons. The van der Waals surface area contributed by atoms with Crippen molar-refractivity contribution >= 4 is 5.91 Å². The Bertz CT molecular complexity index is 718. The van der Waals surface area contributed by atoms with Crippen molar-refractivity contribution in [3.05, 3.63) is 71.3 Å². The van der Waals surface area contributed by atoms with Gasteiger partial charge >= 0.3 is 0 Å². The summed E-state index contributed by atoms with van der Waals surface area (Å²) in [7, 11) is 0. The van der Waals surface area contributed by atoms with Gasteiger partial charge in [-0.1, -0.05) is 68.4 Å². The van der Waals surface area contributed by atoms with Gasteiger partial charge in [0.1, 0.15) is 0 Å². The van der Waals surface area contributed by atoms with Gasteiger partial charge in [-0.25, -0.2) is 0 Å². The fraction of sp³-hybridized carbons (Fsp3) is 0.435. The summed E-state index contributed by atoms with van der Waals surface area (Å²) in [4.78, 5) is 15.3. The van der Waals surface area contributed by atoms with Crippen molar-refractivity contribution in [2.24, 2.45) is 11.7 Å². The molecule has 1 heterocycles. The zero-order valence-electron chi connectivity index (χ0n) is 15.9. The van der Waals surface area contributed by atoms with Crippen LogP contribution < -0.4 is 5.73 Å². The summed E-state index contributed by atoms with van der Waals surface area (Å²) in [5.74, 6) is 1.05. The van der Waals surface area contributed by atoms with Gasteiger partial charge in [-0.05, 0) is 41.4 Å². The Kier molecular flexibility index (Phi) is 6.10. The average molecular weight is 351 g/mol. The minimum absolute atomic E-state index is 0.0479. The maximum Gasteiger partial charge on any atom is 0.230 e. The first-order valence-electron chi connectivity index (χ1n) is 9.72. The van der Waals surface area contributed by atoms with Crippen LogP contribution in [0, 0.1) is 5.92 Å². The highest BCUT2D eigenvalue weighted by atomic mass is 16.2. The first-order valence-corrected chi connectivity index (χ1v) is 9.72. The lowest BCUT2D eigenvalue weighted by atomic mass is 9.85. The van der Waals surface area contributed by atoms with Crippen molar-refractivity contribution in [1.29, 1.82) is 0 Å². The summed E-state index contributed by atoms with van der Waals surface area (Å²) in [6, 6.07) is 18.8. The molecule has 0 aromatic heterocycles.